The third kappa shape index (κ3) is 15.3. The quantitative estimate of drug-likeness (QED) is 0.426. The Morgan fingerprint density at radius 1 is 1.33 bits per heavy atom. The largest absolute Gasteiger partial charge is 0.481 e. The minimum atomic E-state index is -0.963. The fraction of sp³-hybridized carbons (Fsp3) is 0.625. The summed E-state index contributed by atoms with van der Waals surface area (Å²) in [6.45, 7) is 1.42. The van der Waals surface area contributed by atoms with Crippen LogP contribution in [0.3, 0.4) is 0 Å². The Hall–Kier alpha value is -1.47. The number of hydrogen-bond acceptors (Lipinski definition) is 5. The summed E-state index contributed by atoms with van der Waals surface area (Å²) in [5.41, 5.74) is 9.93. The topological polar surface area (TPSA) is 144 Å². The Balaban J connectivity index is 0. The lowest BCUT2D eigenvalue weighted by Crippen LogP contribution is -2.25. The predicted molar refractivity (Wildman–Crippen MR) is 52.2 cm³/mol. The maximum atomic E-state index is 9.85. The smallest absolute Gasteiger partial charge is 0.320 e. The predicted octanol–water partition coefficient (Wildman–Crippen LogP) is -1.20. The van der Waals surface area contributed by atoms with Crippen molar-refractivity contribution in [2.75, 3.05) is 0 Å². The van der Waals surface area contributed by atoms with E-state index in [1.807, 2.05) is 0 Å². The number of nitrogens with two attached hydrogens (primary N) is 2. The zero-order chi connectivity index (χ0) is 12.4. The van der Waals surface area contributed by atoms with Crippen LogP contribution in [0.4, 0.5) is 0 Å². The standard InChI is InChI=1S/C5H9NO3.C3H7NO2/c6-4(3-7)1-2-5(8)9;1-2(4)3(5)6/h3-4H,1-2,6H2,(H,8,9);2H,4H2,1H3,(H,5,6)/t;2-/m.0/s1. The second-order valence-electron chi connectivity index (χ2n) is 2.86. The Morgan fingerprint density at radius 3 is 1.93 bits per heavy atom. The summed E-state index contributed by atoms with van der Waals surface area (Å²) in [7, 11) is 0. The van der Waals surface area contributed by atoms with Gasteiger partial charge < -0.3 is 26.5 Å². The summed E-state index contributed by atoms with van der Waals surface area (Å²) in [4.78, 5) is 29.2. The van der Waals surface area contributed by atoms with Crippen molar-refractivity contribution in [1.29, 1.82) is 0 Å². The first-order valence-corrected chi connectivity index (χ1v) is 4.22. The molecule has 0 aliphatic rings. The number of carboxylic acids is 2. The van der Waals surface area contributed by atoms with Gasteiger partial charge in [-0.1, -0.05) is 0 Å². The van der Waals surface area contributed by atoms with Crippen molar-refractivity contribution in [1.82, 2.24) is 0 Å². The third-order valence-corrected chi connectivity index (χ3v) is 1.26. The Bertz CT molecular complexity index is 217. The van der Waals surface area contributed by atoms with E-state index in [-0.39, 0.29) is 12.8 Å². The molecule has 0 amide bonds. The third-order valence-electron chi connectivity index (χ3n) is 1.26. The van der Waals surface area contributed by atoms with Crippen molar-refractivity contribution in [3.63, 3.8) is 0 Å². The first-order chi connectivity index (χ1) is 6.81. The lowest BCUT2D eigenvalue weighted by molar-refractivity contribution is -0.138. The molecule has 0 heterocycles. The van der Waals surface area contributed by atoms with Crippen LogP contribution in [0.1, 0.15) is 19.8 Å². The normalized spacial score (nSPS) is 13.0. The highest BCUT2D eigenvalue weighted by molar-refractivity contribution is 5.72. The summed E-state index contributed by atoms with van der Waals surface area (Å²) < 4.78 is 0. The SMILES string of the molecule is C[C@H](N)C(=O)O.NC(C=O)CCC(=O)O. The molecule has 15 heavy (non-hydrogen) atoms. The van der Waals surface area contributed by atoms with Gasteiger partial charge in [0.2, 0.25) is 0 Å². The van der Waals surface area contributed by atoms with Crippen LogP contribution in [0.25, 0.3) is 0 Å². The van der Waals surface area contributed by atoms with Gasteiger partial charge >= 0.3 is 11.9 Å². The number of carbonyl (C=O) groups is 3. The average Bonchev–Trinajstić information content (AvgIpc) is 2.14. The van der Waals surface area contributed by atoms with E-state index in [2.05, 4.69) is 0 Å². The van der Waals surface area contributed by atoms with Gasteiger partial charge in [-0.3, -0.25) is 9.59 Å². The van der Waals surface area contributed by atoms with E-state index in [9.17, 15) is 14.4 Å². The molecule has 0 aromatic rings. The van der Waals surface area contributed by atoms with Gasteiger partial charge in [0, 0.05) is 6.42 Å². The molecule has 0 aliphatic carbocycles. The molecule has 0 spiro atoms. The summed E-state index contributed by atoms with van der Waals surface area (Å²) >= 11 is 0. The summed E-state index contributed by atoms with van der Waals surface area (Å²) in [6, 6.07) is -1.36. The van der Waals surface area contributed by atoms with Gasteiger partial charge in [0.1, 0.15) is 12.3 Å². The zero-order valence-corrected chi connectivity index (χ0v) is 8.42. The minimum absolute atomic E-state index is 0.0418. The highest BCUT2D eigenvalue weighted by Crippen LogP contribution is 1.90. The Labute approximate surface area is 87.1 Å². The maximum absolute atomic E-state index is 9.85. The van der Waals surface area contributed by atoms with Gasteiger partial charge in [-0.2, -0.15) is 0 Å². The monoisotopic (exact) mass is 220 g/mol. The van der Waals surface area contributed by atoms with E-state index in [0.29, 0.717) is 6.29 Å². The summed E-state index contributed by atoms with van der Waals surface area (Å²) in [5, 5.41) is 16.0. The molecular formula is C8H16N2O5. The van der Waals surface area contributed by atoms with E-state index in [1.54, 1.807) is 0 Å². The first kappa shape index (κ1) is 16.0. The van der Waals surface area contributed by atoms with Crippen LogP contribution in [-0.2, 0) is 14.4 Å². The molecule has 0 fully saturated rings. The minimum Gasteiger partial charge on any atom is -0.481 e. The molecule has 0 radical (unpaired) electrons. The number of carbonyl (C=O) groups excluding carboxylic acids is 1. The van der Waals surface area contributed by atoms with Gasteiger partial charge in [0.25, 0.3) is 0 Å². The zero-order valence-electron chi connectivity index (χ0n) is 8.42. The van der Waals surface area contributed by atoms with Crippen LogP contribution in [0, 0.1) is 0 Å². The highest BCUT2D eigenvalue weighted by atomic mass is 16.4. The number of carboxylic acid groups (broad SMARTS) is 2. The van der Waals surface area contributed by atoms with Gasteiger partial charge in [-0.15, -0.1) is 0 Å². The lowest BCUT2D eigenvalue weighted by Gasteiger charge is -1.97. The Morgan fingerprint density at radius 2 is 1.73 bits per heavy atom. The number of rotatable bonds is 5. The van der Waals surface area contributed by atoms with Gasteiger partial charge in [-0.25, -0.2) is 0 Å². The highest BCUT2D eigenvalue weighted by Gasteiger charge is 2.02. The molecule has 7 nitrogen and oxygen atoms in total. The van der Waals surface area contributed by atoms with Gasteiger partial charge in [0.05, 0.1) is 6.04 Å². The van der Waals surface area contributed by atoms with Crippen molar-refractivity contribution in [3.8, 4) is 0 Å². The van der Waals surface area contributed by atoms with E-state index in [1.165, 1.54) is 6.92 Å². The lowest BCUT2D eigenvalue weighted by atomic mass is 10.2. The molecule has 6 N–H and O–H groups in total. The fourth-order valence-corrected chi connectivity index (χ4v) is 0.358. The molecule has 0 aromatic heterocycles. The van der Waals surface area contributed by atoms with Crippen LogP contribution >= 0.6 is 0 Å². The first-order valence-electron chi connectivity index (χ1n) is 4.22. The average molecular weight is 220 g/mol. The van der Waals surface area contributed by atoms with E-state index in [4.69, 9.17) is 21.7 Å². The van der Waals surface area contributed by atoms with Crippen LogP contribution in [-0.4, -0.2) is 40.5 Å². The second-order valence-corrected chi connectivity index (χ2v) is 2.86. The summed E-state index contributed by atoms with van der Waals surface area (Å²) in [6.07, 6.45) is 0.724. The molecule has 7 heteroatoms. The number of aliphatic carboxylic acids is 2. The van der Waals surface area contributed by atoms with Crippen LogP contribution in [0.2, 0.25) is 0 Å². The molecule has 0 saturated heterocycles. The van der Waals surface area contributed by atoms with Crippen LogP contribution in [0.5, 0.6) is 0 Å². The number of hydrogen-bond donors (Lipinski definition) is 4. The van der Waals surface area contributed by atoms with Crippen molar-refractivity contribution < 1.29 is 24.6 Å². The van der Waals surface area contributed by atoms with E-state index >= 15 is 0 Å². The summed E-state index contributed by atoms with van der Waals surface area (Å²) in [5.74, 6) is -1.89. The molecule has 0 aliphatic heterocycles. The van der Waals surface area contributed by atoms with E-state index < -0.39 is 24.0 Å². The molecule has 0 saturated carbocycles. The fourth-order valence-electron chi connectivity index (χ4n) is 0.358. The number of aldehydes is 1. The van der Waals surface area contributed by atoms with Gasteiger partial charge in [-0.05, 0) is 13.3 Å². The van der Waals surface area contributed by atoms with Gasteiger partial charge in [0.15, 0.2) is 0 Å². The van der Waals surface area contributed by atoms with Crippen LogP contribution < -0.4 is 11.5 Å². The van der Waals surface area contributed by atoms with Crippen LogP contribution in [0.15, 0.2) is 0 Å². The van der Waals surface area contributed by atoms with E-state index in [0.717, 1.165) is 0 Å². The Kier molecular flexibility index (Phi) is 9.69. The molecular weight excluding hydrogens is 204 g/mol. The molecule has 2 atom stereocenters. The molecule has 1 unspecified atom stereocenters. The van der Waals surface area contributed by atoms with Crippen molar-refractivity contribution in [3.05, 3.63) is 0 Å². The van der Waals surface area contributed by atoms with Crippen molar-refractivity contribution >= 4 is 18.2 Å². The molecule has 0 rings (SSSR count). The molecule has 88 valence electrons. The maximum Gasteiger partial charge on any atom is 0.320 e. The van der Waals surface area contributed by atoms with Crippen molar-refractivity contribution in [2.24, 2.45) is 11.5 Å². The van der Waals surface area contributed by atoms with Crippen molar-refractivity contribution in [2.45, 2.75) is 31.8 Å². The second kappa shape index (κ2) is 9.10. The molecule has 0 aromatic carbocycles. The molecule has 0 bridgehead atoms.